The summed E-state index contributed by atoms with van der Waals surface area (Å²) >= 11 is 0. The number of hydrogen-bond acceptors (Lipinski definition) is 1. The second-order valence-corrected chi connectivity index (χ2v) is 8.89. The summed E-state index contributed by atoms with van der Waals surface area (Å²) in [6.45, 7) is 9.61. The zero-order chi connectivity index (χ0) is 18.5. The summed E-state index contributed by atoms with van der Waals surface area (Å²) < 4.78 is 5.72. The molecule has 3 rings (SSSR count). The van der Waals surface area contributed by atoms with Crippen LogP contribution in [0.25, 0.3) is 6.08 Å². The standard InChI is InChI=1S/C25H38O/c1-5-26-25-17-16-22(19(3)20(25)4)13-8-21-9-14-24(15-10-21)23-11-6-18(2)7-12-23/h8,13,16-18,21,23-24H,5-7,9-12,14-15H2,1-4H3/b13-8+. The number of rotatable bonds is 5. The van der Waals surface area contributed by atoms with E-state index in [1.165, 1.54) is 68.1 Å². The maximum absolute atomic E-state index is 5.72. The lowest BCUT2D eigenvalue weighted by molar-refractivity contribution is 0.160. The zero-order valence-electron chi connectivity index (χ0n) is 17.4. The third-order valence-corrected chi connectivity index (χ3v) is 7.17. The SMILES string of the molecule is CCOc1ccc(/C=C/C2CCC(C3CCC(C)CC3)CC2)c(C)c1C. The van der Waals surface area contributed by atoms with E-state index < -0.39 is 0 Å². The molecule has 1 aromatic carbocycles. The summed E-state index contributed by atoms with van der Waals surface area (Å²) in [7, 11) is 0. The summed E-state index contributed by atoms with van der Waals surface area (Å²) in [4.78, 5) is 0. The van der Waals surface area contributed by atoms with E-state index >= 15 is 0 Å². The van der Waals surface area contributed by atoms with Crippen molar-refractivity contribution in [1.82, 2.24) is 0 Å². The Morgan fingerprint density at radius 2 is 1.50 bits per heavy atom. The van der Waals surface area contributed by atoms with Gasteiger partial charge in [0.15, 0.2) is 0 Å². The molecular weight excluding hydrogens is 316 g/mol. The van der Waals surface area contributed by atoms with Crippen molar-refractivity contribution in [3.8, 4) is 5.75 Å². The maximum atomic E-state index is 5.72. The summed E-state index contributed by atoms with van der Waals surface area (Å²) in [5.41, 5.74) is 4.00. The second kappa shape index (κ2) is 9.11. The van der Waals surface area contributed by atoms with Gasteiger partial charge in [-0.15, -0.1) is 0 Å². The van der Waals surface area contributed by atoms with Crippen LogP contribution in [0.4, 0.5) is 0 Å². The third-order valence-electron chi connectivity index (χ3n) is 7.17. The van der Waals surface area contributed by atoms with Crippen molar-refractivity contribution in [2.45, 2.75) is 79.1 Å². The van der Waals surface area contributed by atoms with Crippen LogP contribution >= 0.6 is 0 Å². The van der Waals surface area contributed by atoms with Crippen LogP contribution in [0.2, 0.25) is 0 Å². The lowest BCUT2D eigenvalue weighted by Crippen LogP contribution is -2.24. The molecule has 26 heavy (non-hydrogen) atoms. The summed E-state index contributed by atoms with van der Waals surface area (Å²) in [6.07, 6.45) is 16.5. The molecule has 0 atom stereocenters. The molecule has 0 spiro atoms. The third kappa shape index (κ3) is 4.72. The Labute approximate surface area is 161 Å². The van der Waals surface area contributed by atoms with E-state index in [4.69, 9.17) is 4.74 Å². The van der Waals surface area contributed by atoms with Crippen molar-refractivity contribution in [1.29, 1.82) is 0 Å². The lowest BCUT2D eigenvalue weighted by atomic mass is 9.69. The first-order valence-corrected chi connectivity index (χ1v) is 11.0. The molecule has 0 saturated heterocycles. The molecule has 2 fully saturated rings. The molecule has 1 aromatic rings. The van der Waals surface area contributed by atoms with Crippen LogP contribution in [0.15, 0.2) is 18.2 Å². The minimum absolute atomic E-state index is 0.735. The Morgan fingerprint density at radius 1 is 0.885 bits per heavy atom. The van der Waals surface area contributed by atoms with Gasteiger partial charge in [0.2, 0.25) is 0 Å². The first-order chi connectivity index (χ1) is 12.6. The predicted octanol–water partition coefficient (Wildman–Crippen LogP) is 7.35. The molecule has 0 unspecified atom stereocenters. The van der Waals surface area contributed by atoms with Crippen molar-refractivity contribution in [2.24, 2.45) is 23.7 Å². The van der Waals surface area contributed by atoms with Crippen LogP contribution in [-0.4, -0.2) is 6.61 Å². The molecule has 2 aliphatic carbocycles. The van der Waals surface area contributed by atoms with Gasteiger partial charge in [-0.05, 0) is 106 Å². The fraction of sp³-hybridized carbons (Fsp3) is 0.680. The Hall–Kier alpha value is -1.24. The van der Waals surface area contributed by atoms with Crippen molar-refractivity contribution in [3.63, 3.8) is 0 Å². The van der Waals surface area contributed by atoms with Gasteiger partial charge in [0.25, 0.3) is 0 Å². The minimum atomic E-state index is 0.735. The molecule has 2 saturated carbocycles. The molecule has 0 bridgehead atoms. The van der Waals surface area contributed by atoms with Crippen LogP contribution < -0.4 is 4.74 Å². The van der Waals surface area contributed by atoms with Crippen molar-refractivity contribution in [3.05, 3.63) is 34.9 Å². The zero-order valence-corrected chi connectivity index (χ0v) is 17.4. The van der Waals surface area contributed by atoms with E-state index in [1.54, 1.807) is 0 Å². The second-order valence-electron chi connectivity index (χ2n) is 8.89. The van der Waals surface area contributed by atoms with Crippen LogP contribution in [0.1, 0.15) is 81.9 Å². The quantitative estimate of drug-likeness (QED) is 0.537. The van der Waals surface area contributed by atoms with Crippen molar-refractivity contribution in [2.75, 3.05) is 6.61 Å². The Bertz CT molecular complexity index is 599. The Balaban J connectivity index is 1.53. The number of allylic oxidation sites excluding steroid dienone is 1. The molecule has 0 aromatic heterocycles. The van der Waals surface area contributed by atoms with Crippen molar-refractivity contribution >= 4 is 6.08 Å². The normalized spacial score (nSPS) is 29.8. The molecular formula is C25H38O. The average molecular weight is 355 g/mol. The van der Waals surface area contributed by atoms with Crippen LogP contribution in [-0.2, 0) is 0 Å². The molecule has 0 N–H and O–H groups in total. The highest BCUT2D eigenvalue weighted by molar-refractivity contribution is 5.58. The first kappa shape index (κ1) is 19.5. The number of hydrogen-bond donors (Lipinski definition) is 0. The monoisotopic (exact) mass is 354 g/mol. The van der Waals surface area contributed by atoms with E-state index in [-0.39, 0.29) is 0 Å². The van der Waals surface area contributed by atoms with Crippen molar-refractivity contribution < 1.29 is 4.74 Å². The molecule has 0 aliphatic heterocycles. The van der Waals surface area contributed by atoms with E-state index in [2.05, 4.69) is 45.1 Å². The van der Waals surface area contributed by atoms with Gasteiger partial charge in [-0.25, -0.2) is 0 Å². The van der Waals surface area contributed by atoms with E-state index in [0.717, 1.165) is 36.0 Å². The minimum Gasteiger partial charge on any atom is -0.494 e. The highest BCUT2D eigenvalue weighted by Gasteiger charge is 2.29. The number of ether oxygens (including phenoxy) is 1. The highest BCUT2D eigenvalue weighted by atomic mass is 16.5. The van der Waals surface area contributed by atoms with Crippen LogP contribution in [0.3, 0.4) is 0 Å². The van der Waals surface area contributed by atoms with Crippen LogP contribution in [0, 0.1) is 37.5 Å². The summed E-state index contributed by atoms with van der Waals surface area (Å²) in [5.74, 6) is 4.84. The molecule has 1 heteroatoms. The Morgan fingerprint density at radius 3 is 2.12 bits per heavy atom. The van der Waals surface area contributed by atoms with Gasteiger partial charge in [-0.3, -0.25) is 0 Å². The molecule has 0 heterocycles. The van der Waals surface area contributed by atoms with Gasteiger partial charge in [-0.1, -0.05) is 38.0 Å². The Kier molecular flexibility index (Phi) is 6.84. The van der Waals surface area contributed by atoms with Gasteiger partial charge < -0.3 is 4.74 Å². The fourth-order valence-electron chi connectivity index (χ4n) is 5.12. The topological polar surface area (TPSA) is 9.23 Å². The fourth-order valence-corrected chi connectivity index (χ4v) is 5.12. The molecule has 144 valence electrons. The van der Waals surface area contributed by atoms with Gasteiger partial charge in [0, 0.05) is 0 Å². The number of benzene rings is 1. The predicted molar refractivity (Wildman–Crippen MR) is 113 cm³/mol. The van der Waals surface area contributed by atoms with Gasteiger partial charge in [-0.2, -0.15) is 0 Å². The van der Waals surface area contributed by atoms with Crippen LogP contribution in [0.5, 0.6) is 5.75 Å². The highest BCUT2D eigenvalue weighted by Crippen LogP contribution is 2.41. The maximum Gasteiger partial charge on any atom is 0.122 e. The smallest absolute Gasteiger partial charge is 0.122 e. The van der Waals surface area contributed by atoms with Gasteiger partial charge in [0.1, 0.15) is 5.75 Å². The van der Waals surface area contributed by atoms with Gasteiger partial charge >= 0.3 is 0 Å². The molecule has 2 aliphatic rings. The van der Waals surface area contributed by atoms with E-state index in [1.807, 2.05) is 6.92 Å². The van der Waals surface area contributed by atoms with E-state index in [0.29, 0.717) is 0 Å². The molecule has 0 radical (unpaired) electrons. The summed E-state index contributed by atoms with van der Waals surface area (Å²) in [6, 6.07) is 4.35. The molecule has 1 nitrogen and oxygen atoms in total. The largest absolute Gasteiger partial charge is 0.494 e. The molecule has 0 amide bonds. The average Bonchev–Trinajstić information content (AvgIpc) is 2.66. The van der Waals surface area contributed by atoms with E-state index in [9.17, 15) is 0 Å². The summed E-state index contributed by atoms with van der Waals surface area (Å²) in [5, 5.41) is 0. The first-order valence-electron chi connectivity index (χ1n) is 11.0. The lowest BCUT2D eigenvalue weighted by Gasteiger charge is -2.36. The van der Waals surface area contributed by atoms with Gasteiger partial charge in [0.05, 0.1) is 6.61 Å².